The van der Waals surface area contributed by atoms with Crippen LogP contribution in [0.3, 0.4) is 0 Å². The Balaban J connectivity index is 2.75. The van der Waals surface area contributed by atoms with Gasteiger partial charge >= 0.3 is 0 Å². The lowest BCUT2D eigenvalue weighted by Gasteiger charge is -2.12. The topological polar surface area (TPSA) is 70.4 Å². The number of aromatic nitrogens is 2. The lowest BCUT2D eigenvalue weighted by atomic mass is 10.4. The highest BCUT2D eigenvalue weighted by molar-refractivity contribution is 9.10. The second-order valence-electron chi connectivity index (χ2n) is 3.85. The van der Waals surface area contributed by atoms with Gasteiger partial charge in [-0.15, -0.1) is 0 Å². The highest BCUT2D eigenvalue weighted by Crippen LogP contribution is 2.15. The average molecular weight is 305 g/mol. The van der Waals surface area contributed by atoms with Crippen LogP contribution in [0.4, 0.5) is 5.69 Å². The Bertz CT molecular complexity index is 419. The van der Waals surface area contributed by atoms with E-state index in [1.54, 1.807) is 6.20 Å². The van der Waals surface area contributed by atoms with Crippen molar-refractivity contribution in [2.24, 2.45) is 0 Å². The van der Waals surface area contributed by atoms with Gasteiger partial charge in [-0.2, -0.15) is 5.10 Å². The predicted octanol–water partition coefficient (Wildman–Crippen LogP) is -0.0284. The zero-order chi connectivity index (χ0) is 12.8. The van der Waals surface area contributed by atoms with E-state index in [0.29, 0.717) is 10.2 Å². The van der Waals surface area contributed by atoms with Crippen LogP contribution in [0.15, 0.2) is 15.5 Å². The minimum absolute atomic E-state index is 0.104. The minimum Gasteiger partial charge on any atom is -0.394 e. The molecule has 0 spiro atoms. The van der Waals surface area contributed by atoms with Crippen LogP contribution < -0.4 is 10.9 Å². The molecule has 0 aromatic carbocycles. The zero-order valence-electron chi connectivity index (χ0n) is 9.98. The molecular weight excluding hydrogens is 288 g/mol. The highest BCUT2D eigenvalue weighted by atomic mass is 79.9. The van der Waals surface area contributed by atoms with Crippen LogP contribution in [0.5, 0.6) is 0 Å². The van der Waals surface area contributed by atoms with Crippen LogP contribution in [0.2, 0.25) is 0 Å². The molecule has 0 fully saturated rings. The first-order valence-corrected chi connectivity index (χ1v) is 6.10. The standard InChI is InChI=1S/C10H17BrN4O2/c1-14(2)4-3-12-8-7-13-15(5-6-16)10(17)9(8)11/h7,12,16H,3-6H2,1-2H3. The van der Waals surface area contributed by atoms with E-state index in [9.17, 15) is 4.79 Å². The van der Waals surface area contributed by atoms with Crippen LogP contribution in [-0.2, 0) is 6.54 Å². The number of hydrogen-bond donors (Lipinski definition) is 2. The van der Waals surface area contributed by atoms with Gasteiger partial charge in [-0.05, 0) is 30.0 Å². The van der Waals surface area contributed by atoms with Crippen molar-refractivity contribution in [2.75, 3.05) is 39.1 Å². The summed E-state index contributed by atoms with van der Waals surface area (Å²) in [7, 11) is 3.96. The number of likely N-dealkylation sites (N-methyl/N-ethyl adjacent to an activating group) is 1. The molecule has 96 valence electrons. The van der Waals surface area contributed by atoms with E-state index in [0.717, 1.165) is 13.1 Å². The predicted molar refractivity (Wildman–Crippen MR) is 70.3 cm³/mol. The largest absolute Gasteiger partial charge is 0.394 e. The molecule has 0 saturated heterocycles. The number of halogens is 1. The summed E-state index contributed by atoms with van der Waals surface area (Å²) < 4.78 is 1.67. The fourth-order valence-electron chi connectivity index (χ4n) is 1.26. The molecule has 0 atom stereocenters. The van der Waals surface area contributed by atoms with Crippen molar-refractivity contribution in [2.45, 2.75) is 6.54 Å². The fourth-order valence-corrected chi connectivity index (χ4v) is 1.70. The normalized spacial score (nSPS) is 10.9. The highest BCUT2D eigenvalue weighted by Gasteiger charge is 2.07. The molecule has 1 rings (SSSR count). The molecule has 1 aromatic rings. The summed E-state index contributed by atoms with van der Waals surface area (Å²) in [5, 5.41) is 15.9. The van der Waals surface area contributed by atoms with Crippen molar-refractivity contribution in [3.8, 4) is 0 Å². The molecule has 0 amide bonds. The summed E-state index contributed by atoms with van der Waals surface area (Å²) in [5.41, 5.74) is 0.431. The van der Waals surface area contributed by atoms with E-state index in [1.807, 2.05) is 19.0 Å². The van der Waals surface area contributed by atoms with Gasteiger partial charge in [0.2, 0.25) is 0 Å². The molecule has 0 aliphatic heterocycles. The first kappa shape index (κ1) is 14.1. The molecular formula is C10H17BrN4O2. The SMILES string of the molecule is CN(C)CCNc1cnn(CCO)c(=O)c1Br. The lowest BCUT2D eigenvalue weighted by molar-refractivity contribution is 0.266. The number of nitrogens with zero attached hydrogens (tertiary/aromatic N) is 3. The lowest BCUT2D eigenvalue weighted by Crippen LogP contribution is -2.27. The average Bonchev–Trinajstić information content (AvgIpc) is 2.28. The molecule has 0 bridgehead atoms. The van der Waals surface area contributed by atoms with Crippen LogP contribution in [0.25, 0.3) is 0 Å². The number of anilines is 1. The quantitative estimate of drug-likeness (QED) is 0.772. The maximum atomic E-state index is 11.8. The van der Waals surface area contributed by atoms with Gasteiger partial charge in [0, 0.05) is 13.1 Å². The van der Waals surface area contributed by atoms with Gasteiger partial charge in [-0.25, -0.2) is 4.68 Å². The van der Waals surface area contributed by atoms with Gasteiger partial charge < -0.3 is 15.3 Å². The molecule has 0 radical (unpaired) electrons. The van der Waals surface area contributed by atoms with Gasteiger partial charge in [0.05, 0.1) is 25.0 Å². The molecule has 0 aliphatic carbocycles. The monoisotopic (exact) mass is 304 g/mol. The first-order valence-electron chi connectivity index (χ1n) is 5.31. The minimum atomic E-state index is -0.242. The summed E-state index contributed by atoms with van der Waals surface area (Å²) in [6.07, 6.45) is 1.58. The molecule has 6 nitrogen and oxygen atoms in total. The molecule has 0 unspecified atom stereocenters. The molecule has 17 heavy (non-hydrogen) atoms. The van der Waals surface area contributed by atoms with Crippen molar-refractivity contribution in [3.63, 3.8) is 0 Å². The smallest absolute Gasteiger partial charge is 0.283 e. The Labute approximate surface area is 108 Å². The molecule has 7 heteroatoms. The van der Waals surface area contributed by atoms with Crippen molar-refractivity contribution in [1.29, 1.82) is 0 Å². The zero-order valence-corrected chi connectivity index (χ0v) is 11.6. The number of aliphatic hydroxyl groups is 1. The van der Waals surface area contributed by atoms with Crippen LogP contribution in [-0.4, -0.2) is 53.6 Å². The Hall–Kier alpha value is -0.920. The van der Waals surface area contributed by atoms with Crippen molar-refractivity contribution in [1.82, 2.24) is 14.7 Å². The van der Waals surface area contributed by atoms with E-state index in [1.165, 1.54) is 4.68 Å². The maximum Gasteiger partial charge on any atom is 0.283 e. The van der Waals surface area contributed by atoms with Crippen LogP contribution in [0, 0.1) is 0 Å². The second kappa shape index (κ2) is 6.73. The Morgan fingerprint density at radius 1 is 1.59 bits per heavy atom. The van der Waals surface area contributed by atoms with Crippen molar-refractivity contribution < 1.29 is 5.11 Å². The number of hydrogen-bond acceptors (Lipinski definition) is 5. The van der Waals surface area contributed by atoms with Crippen LogP contribution in [0.1, 0.15) is 0 Å². The number of rotatable bonds is 6. The third-order valence-corrected chi connectivity index (χ3v) is 2.94. The molecule has 2 N–H and O–H groups in total. The first-order chi connectivity index (χ1) is 8.06. The van der Waals surface area contributed by atoms with Crippen molar-refractivity contribution >= 4 is 21.6 Å². The maximum absolute atomic E-state index is 11.8. The molecule has 0 aliphatic rings. The van der Waals surface area contributed by atoms with Gasteiger partial charge in [0.15, 0.2) is 0 Å². The van der Waals surface area contributed by atoms with E-state index in [-0.39, 0.29) is 18.7 Å². The Morgan fingerprint density at radius 3 is 2.88 bits per heavy atom. The summed E-state index contributed by atoms with van der Waals surface area (Å²) in [5.74, 6) is 0. The van der Waals surface area contributed by atoms with E-state index in [2.05, 4.69) is 26.3 Å². The van der Waals surface area contributed by atoms with E-state index >= 15 is 0 Å². The molecule has 0 saturated carbocycles. The van der Waals surface area contributed by atoms with Gasteiger partial charge in [-0.1, -0.05) is 0 Å². The van der Waals surface area contributed by atoms with E-state index in [4.69, 9.17) is 5.11 Å². The molecule has 1 aromatic heterocycles. The third kappa shape index (κ3) is 4.10. The van der Waals surface area contributed by atoms with Gasteiger partial charge in [-0.3, -0.25) is 4.79 Å². The third-order valence-electron chi connectivity index (χ3n) is 2.17. The summed E-state index contributed by atoms with van der Waals surface area (Å²) >= 11 is 3.24. The summed E-state index contributed by atoms with van der Waals surface area (Å²) in [6.45, 7) is 1.70. The van der Waals surface area contributed by atoms with E-state index < -0.39 is 0 Å². The fraction of sp³-hybridized carbons (Fsp3) is 0.600. The number of aliphatic hydroxyl groups excluding tert-OH is 1. The van der Waals surface area contributed by atoms with Crippen molar-refractivity contribution in [3.05, 3.63) is 21.0 Å². The van der Waals surface area contributed by atoms with Gasteiger partial charge in [0.25, 0.3) is 5.56 Å². The molecule has 1 heterocycles. The van der Waals surface area contributed by atoms with Gasteiger partial charge in [0.1, 0.15) is 4.47 Å². The Kier molecular flexibility index (Phi) is 5.60. The van der Waals surface area contributed by atoms with Crippen LogP contribution >= 0.6 is 15.9 Å². The summed E-state index contributed by atoms with van der Waals surface area (Å²) in [6, 6.07) is 0. The number of nitrogens with one attached hydrogen (secondary N) is 1. The Morgan fingerprint density at radius 2 is 2.29 bits per heavy atom. The summed E-state index contributed by atoms with van der Waals surface area (Å²) in [4.78, 5) is 13.8. The second-order valence-corrected chi connectivity index (χ2v) is 4.65.